The van der Waals surface area contributed by atoms with E-state index in [9.17, 15) is 9.59 Å². The number of hydrogen-bond acceptors (Lipinski definition) is 8. The highest BCUT2D eigenvalue weighted by atomic mass is 127. The number of carbonyl (C=O) groups excluding carboxylic acids is 2. The second kappa shape index (κ2) is 13.7. The molecule has 46 heavy (non-hydrogen) atoms. The minimum Gasteiger partial charge on any atom is -1.00 e. The summed E-state index contributed by atoms with van der Waals surface area (Å²) in [4.78, 5) is 34.6. The molecule has 2 aliphatic rings. The number of fused-ring (bicyclic) bond motifs is 2. The average molecular weight is 771 g/mol. The van der Waals surface area contributed by atoms with E-state index in [1.807, 2.05) is 18.2 Å². The molecule has 0 saturated carbocycles. The lowest BCUT2D eigenvalue weighted by atomic mass is 10.0. The molecule has 11 heteroatoms. The lowest BCUT2D eigenvalue weighted by Gasteiger charge is -2.42. The van der Waals surface area contributed by atoms with Crippen molar-refractivity contribution in [2.24, 2.45) is 4.99 Å². The van der Waals surface area contributed by atoms with Gasteiger partial charge in [0.05, 0.1) is 50.2 Å². The summed E-state index contributed by atoms with van der Waals surface area (Å²) in [5, 5.41) is 5.26. The number of halogens is 2. The Bertz CT molecular complexity index is 1760. The van der Waals surface area contributed by atoms with E-state index in [4.69, 9.17) is 26.1 Å². The zero-order chi connectivity index (χ0) is 31.8. The number of ether oxygens (including phenoxy) is 2. The number of rotatable bonds is 7. The van der Waals surface area contributed by atoms with Crippen molar-refractivity contribution in [1.29, 1.82) is 0 Å². The van der Waals surface area contributed by atoms with Crippen LogP contribution in [0.2, 0.25) is 5.02 Å². The van der Waals surface area contributed by atoms with Crippen LogP contribution in [-0.4, -0.2) is 72.5 Å². The summed E-state index contributed by atoms with van der Waals surface area (Å²) in [6.45, 7) is 8.90. The molecule has 1 N–H and O–H groups in total. The molecule has 3 aromatic carbocycles. The molecule has 8 nitrogen and oxygen atoms in total. The zero-order valence-corrected chi connectivity index (χ0v) is 29.9. The predicted molar refractivity (Wildman–Crippen MR) is 179 cm³/mol. The van der Waals surface area contributed by atoms with Crippen molar-refractivity contribution in [3.63, 3.8) is 0 Å². The minimum absolute atomic E-state index is 0. The van der Waals surface area contributed by atoms with Crippen molar-refractivity contribution in [2.45, 2.75) is 26.4 Å². The molecule has 0 radical (unpaired) electrons. The number of carbonyl (C=O) groups is 2. The fraction of sp³-hybridized carbons (Fsp3) is 0.286. The number of thiophene rings is 1. The van der Waals surface area contributed by atoms with Crippen LogP contribution in [0, 0.1) is 6.92 Å². The molecule has 1 aromatic heterocycles. The molecular formula is C35H36ClIN4O4S. The maximum atomic E-state index is 13.2. The number of esters is 1. The van der Waals surface area contributed by atoms with E-state index >= 15 is 0 Å². The first-order chi connectivity index (χ1) is 21.5. The van der Waals surface area contributed by atoms with Gasteiger partial charge in [-0.15, -0.1) is 11.3 Å². The lowest BCUT2D eigenvalue weighted by Crippen LogP contribution is -3.00. The number of quaternary nitrogens is 1. The van der Waals surface area contributed by atoms with Crippen LogP contribution in [0.15, 0.2) is 83.9 Å². The molecule has 1 saturated heterocycles. The molecule has 6 rings (SSSR count). The van der Waals surface area contributed by atoms with Gasteiger partial charge in [0.25, 0.3) is 0 Å². The van der Waals surface area contributed by atoms with E-state index in [2.05, 4.69) is 36.3 Å². The molecular weight excluding hydrogens is 735 g/mol. The standard InChI is InChI=1S/C35H36ClN4O4S.HI/c1-23-21-28-32(37-29-7-5-6-8-30(29)38-33(28)45-23)39-17-19-40(4,20-18-39)22-43-34(42)35(2,3)44-27-15-11-25(12-16-27)31(41)24-9-13-26(36)14-10-24;/h5-16,21,38H,17-20,22H2,1-4H3;1H/q+1;/p-1. The van der Waals surface area contributed by atoms with E-state index < -0.39 is 11.6 Å². The molecule has 0 amide bonds. The molecule has 3 heterocycles. The summed E-state index contributed by atoms with van der Waals surface area (Å²) in [6, 6.07) is 23.8. The van der Waals surface area contributed by atoms with Gasteiger partial charge in [-0.2, -0.15) is 0 Å². The summed E-state index contributed by atoms with van der Waals surface area (Å²) in [7, 11) is 2.11. The molecule has 1 fully saturated rings. The number of amidine groups is 1. The van der Waals surface area contributed by atoms with Crippen molar-refractivity contribution >= 4 is 56.9 Å². The van der Waals surface area contributed by atoms with Gasteiger partial charge in [-0.3, -0.25) is 9.28 Å². The number of anilines is 2. The number of hydrogen-bond donors (Lipinski definition) is 1. The van der Waals surface area contributed by atoms with Crippen LogP contribution in [0.25, 0.3) is 0 Å². The summed E-state index contributed by atoms with van der Waals surface area (Å²) in [5.41, 5.74) is 2.90. The first kappa shape index (κ1) is 33.9. The fourth-order valence-electron chi connectivity index (χ4n) is 5.44. The molecule has 2 aliphatic heterocycles. The quantitative estimate of drug-likeness (QED) is 0.132. The SMILES string of the molecule is Cc1cc2c(s1)Nc1ccccc1N=C2N1CC[N+](C)(COC(=O)C(C)(C)Oc2ccc(C(=O)c3ccc(Cl)cc3)cc2)CC1.[I-]. The van der Waals surface area contributed by atoms with Crippen LogP contribution in [0.5, 0.6) is 5.75 Å². The second-order valence-electron chi connectivity index (χ2n) is 12.3. The van der Waals surface area contributed by atoms with Crippen molar-refractivity contribution in [3.8, 4) is 5.75 Å². The summed E-state index contributed by atoms with van der Waals surface area (Å²) >= 11 is 7.68. The number of benzene rings is 3. The van der Waals surface area contributed by atoms with Gasteiger partial charge < -0.3 is 43.7 Å². The molecule has 0 aliphatic carbocycles. The van der Waals surface area contributed by atoms with Crippen LogP contribution >= 0.6 is 22.9 Å². The highest BCUT2D eigenvalue weighted by Crippen LogP contribution is 2.39. The number of piperazine rings is 1. The molecule has 0 atom stereocenters. The van der Waals surface area contributed by atoms with Gasteiger partial charge in [0.1, 0.15) is 16.6 Å². The number of aliphatic imine (C=N–C) groups is 1. The van der Waals surface area contributed by atoms with E-state index in [1.54, 1.807) is 73.7 Å². The number of likely N-dealkylation sites (N-methyl/N-ethyl adjacent to an activating group) is 1. The number of nitrogens with zero attached hydrogens (tertiary/aromatic N) is 3. The zero-order valence-electron chi connectivity index (χ0n) is 26.2. The predicted octanol–water partition coefficient (Wildman–Crippen LogP) is 4.20. The van der Waals surface area contributed by atoms with Gasteiger partial charge in [0.2, 0.25) is 6.73 Å². The van der Waals surface area contributed by atoms with E-state index in [-0.39, 0.29) is 36.5 Å². The first-order valence-electron chi connectivity index (χ1n) is 14.9. The minimum atomic E-state index is -1.22. The lowest BCUT2D eigenvalue weighted by molar-refractivity contribution is -0.929. The highest BCUT2D eigenvalue weighted by Gasteiger charge is 2.37. The number of para-hydroxylation sites is 2. The Morgan fingerprint density at radius 2 is 1.63 bits per heavy atom. The van der Waals surface area contributed by atoms with E-state index in [0.717, 1.165) is 54.0 Å². The maximum absolute atomic E-state index is 13.2. The van der Waals surface area contributed by atoms with Crippen LogP contribution in [0.4, 0.5) is 16.4 Å². The molecule has 4 aromatic rings. The smallest absolute Gasteiger partial charge is 0.354 e. The largest absolute Gasteiger partial charge is 1.00 e. The van der Waals surface area contributed by atoms with Gasteiger partial charge in [-0.25, -0.2) is 9.79 Å². The first-order valence-corrected chi connectivity index (χ1v) is 16.1. The van der Waals surface area contributed by atoms with E-state index in [0.29, 0.717) is 26.4 Å². The third-order valence-corrected chi connectivity index (χ3v) is 9.41. The van der Waals surface area contributed by atoms with Gasteiger partial charge in [-0.1, -0.05) is 23.7 Å². The van der Waals surface area contributed by atoms with Crippen LogP contribution in [0.3, 0.4) is 0 Å². The van der Waals surface area contributed by atoms with Gasteiger partial charge in [0.15, 0.2) is 11.4 Å². The monoisotopic (exact) mass is 770 g/mol. The topological polar surface area (TPSA) is 80.2 Å². The summed E-state index contributed by atoms with van der Waals surface area (Å²) in [5.74, 6) is 0.889. The van der Waals surface area contributed by atoms with Crippen LogP contribution in [0.1, 0.15) is 40.2 Å². The third-order valence-electron chi connectivity index (χ3n) is 8.19. The third kappa shape index (κ3) is 7.41. The Kier molecular flexibility index (Phi) is 10.1. The molecule has 0 unspecified atom stereocenters. The van der Waals surface area contributed by atoms with Crippen LogP contribution in [-0.2, 0) is 9.53 Å². The van der Waals surface area contributed by atoms with Crippen molar-refractivity contribution in [1.82, 2.24) is 4.90 Å². The Labute approximate surface area is 295 Å². The Hall–Kier alpha value is -3.45. The van der Waals surface area contributed by atoms with Crippen molar-refractivity contribution < 1.29 is 47.5 Å². The Balaban J connectivity index is 0.00000417. The molecule has 0 bridgehead atoms. The number of ketones is 1. The van der Waals surface area contributed by atoms with Gasteiger partial charge in [-0.05, 0) is 87.5 Å². The Morgan fingerprint density at radius 1 is 1.00 bits per heavy atom. The van der Waals surface area contributed by atoms with Gasteiger partial charge >= 0.3 is 5.97 Å². The molecule has 240 valence electrons. The normalized spacial score (nSPS) is 15.2. The summed E-state index contributed by atoms with van der Waals surface area (Å²) in [6.07, 6.45) is 0. The van der Waals surface area contributed by atoms with Crippen molar-refractivity contribution in [2.75, 3.05) is 45.3 Å². The van der Waals surface area contributed by atoms with Gasteiger partial charge in [0, 0.05) is 21.0 Å². The maximum Gasteiger partial charge on any atom is 0.354 e. The fourth-order valence-corrected chi connectivity index (χ4v) is 6.49. The Morgan fingerprint density at radius 3 is 2.30 bits per heavy atom. The average Bonchev–Trinajstić information content (AvgIpc) is 3.32. The second-order valence-corrected chi connectivity index (χ2v) is 14.0. The summed E-state index contributed by atoms with van der Waals surface area (Å²) < 4.78 is 12.5. The molecule has 0 spiro atoms. The van der Waals surface area contributed by atoms with E-state index in [1.165, 1.54) is 4.88 Å². The van der Waals surface area contributed by atoms with Crippen molar-refractivity contribution in [3.05, 3.63) is 105 Å². The van der Waals surface area contributed by atoms with Crippen LogP contribution < -0.4 is 34.0 Å². The number of nitrogens with one attached hydrogen (secondary N) is 1. The number of aryl methyl sites for hydroxylation is 1. The highest BCUT2D eigenvalue weighted by molar-refractivity contribution is 7.16.